The lowest BCUT2D eigenvalue weighted by molar-refractivity contribution is -0.142. The van der Waals surface area contributed by atoms with Crippen molar-refractivity contribution in [1.29, 1.82) is 0 Å². The number of amides is 9. The van der Waals surface area contributed by atoms with Gasteiger partial charge in [-0.3, -0.25) is 43.2 Å². The van der Waals surface area contributed by atoms with E-state index in [1.807, 2.05) is 24.3 Å². The molecule has 1 aromatic heterocycles. The van der Waals surface area contributed by atoms with Crippen LogP contribution >= 0.6 is 24.4 Å². The molecule has 9 atom stereocenters. The molecule has 0 unspecified atom stereocenters. The lowest BCUT2D eigenvalue weighted by Crippen LogP contribution is -2.60. The number of fused-ring (bicyclic) bond motifs is 1. The van der Waals surface area contributed by atoms with E-state index >= 15 is 0 Å². The summed E-state index contributed by atoms with van der Waals surface area (Å²) in [4.78, 5) is 134. The first-order chi connectivity index (χ1) is 34.7. The number of hydrogen-bond donors (Lipinski definition) is 15. The number of carbonyl (C=O) groups excluding carboxylic acids is 9. The maximum atomic E-state index is 13.7. The molecule has 24 nitrogen and oxygen atoms in total. The van der Waals surface area contributed by atoms with E-state index in [1.54, 1.807) is 42.8 Å². The molecular weight excluding hydrogens is 989 g/mol. The van der Waals surface area contributed by atoms with Gasteiger partial charge in [0.1, 0.15) is 42.3 Å². The summed E-state index contributed by atoms with van der Waals surface area (Å²) in [6.07, 6.45) is 2.40. The number of thioether (sulfide) groups is 1. The highest BCUT2D eigenvalue weighted by Crippen LogP contribution is 2.19. The second kappa shape index (κ2) is 31.0. The number of carboxylic acid groups (broad SMARTS) is 1. The zero-order valence-corrected chi connectivity index (χ0v) is 42.5. The van der Waals surface area contributed by atoms with Gasteiger partial charge in [-0.15, -0.1) is 0 Å². The molecule has 0 aliphatic carbocycles. The normalized spacial score (nSPS) is 14.8. The predicted octanol–water partition coefficient (Wildman–Crippen LogP) is -3.04. The van der Waals surface area contributed by atoms with Gasteiger partial charge in [0.2, 0.25) is 53.2 Å². The van der Waals surface area contributed by atoms with Crippen LogP contribution in [0.2, 0.25) is 0 Å². The number of carboxylic acids is 1. The van der Waals surface area contributed by atoms with Gasteiger partial charge >= 0.3 is 5.97 Å². The Kier molecular flexibility index (Phi) is 25.7. The molecule has 9 amide bonds. The molecule has 3 rings (SSSR count). The fraction of sp³-hybridized carbons (Fsp3) is 0.489. The Bertz CT molecular complexity index is 2380. The molecule has 1 heterocycles. The number of benzene rings is 2. The molecule has 2 aromatic carbocycles. The summed E-state index contributed by atoms with van der Waals surface area (Å²) < 4.78 is 0. The number of aliphatic hydroxyl groups excluding tert-OH is 1. The van der Waals surface area contributed by atoms with Gasteiger partial charge in [-0.25, -0.2) is 4.79 Å². The number of nitrogens with two attached hydrogens (primary N) is 3. The van der Waals surface area contributed by atoms with E-state index in [0.717, 1.165) is 16.5 Å². The number of unbranched alkanes of at least 4 members (excludes halogenated alkanes) is 1. The molecule has 3 aromatic rings. The number of primary amides is 1. The Morgan fingerprint density at radius 1 is 0.685 bits per heavy atom. The summed E-state index contributed by atoms with van der Waals surface area (Å²) in [5, 5.41) is 40.4. The molecule has 0 radical (unpaired) electrons. The highest BCUT2D eigenvalue weighted by molar-refractivity contribution is 7.98. The summed E-state index contributed by atoms with van der Waals surface area (Å²) in [6, 6.07) is 4.98. The summed E-state index contributed by atoms with van der Waals surface area (Å²) >= 11 is 5.49. The second-order valence-electron chi connectivity index (χ2n) is 17.2. The van der Waals surface area contributed by atoms with Crippen LogP contribution in [0.1, 0.15) is 57.1 Å². The summed E-state index contributed by atoms with van der Waals surface area (Å²) in [7, 11) is 0. The van der Waals surface area contributed by atoms with Gasteiger partial charge in [0.15, 0.2) is 0 Å². The lowest BCUT2D eigenvalue weighted by atomic mass is 10.0. The van der Waals surface area contributed by atoms with Crippen LogP contribution in [0.3, 0.4) is 0 Å². The first kappa shape index (κ1) is 60.6. The number of para-hydroxylation sites is 1. The van der Waals surface area contributed by atoms with E-state index < -0.39 is 127 Å². The zero-order chi connectivity index (χ0) is 54.2. The van der Waals surface area contributed by atoms with E-state index in [0.29, 0.717) is 30.7 Å². The molecule has 0 bridgehead atoms. The Labute approximate surface area is 431 Å². The average molecular weight is 1060 g/mol. The third-order valence-electron chi connectivity index (χ3n) is 11.3. The highest BCUT2D eigenvalue weighted by Gasteiger charge is 2.34. The maximum Gasteiger partial charge on any atom is 0.326 e. The maximum absolute atomic E-state index is 13.7. The largest absolute Gasteiger partial charge is 0.480 e. The molecule has 17 N–H and O–H groups in total. The summed E-state index contributed by atoms with van der Waals surface area (Å²) in [6.45, 7) is 2.07. The standard InChI is InChI=1S/C47H68N12O12S2/c1-25(40(63)55-32(16-18-73-3)43(66)58-36(24-72)45(68)56-33(47(70)71)15-9-10-17-48)53-44(67)35(21-37(50)61)54-38(62)23-52-42(65)34(19-27-11-5-4-6-12-27)57-46(69)39(26(2)60)59-41(64)30(49)20-28-22-51-31-14-8-7-13-29(28)31/h4-8,11-14,22,25-26,30,32-36,39,51,60,72H,9-10,15-21,23-24,48-49H2,1-3H3,(H2,50,61)(H,52,65)(H,53,67)(H,54,62)(H,55,63)(H,56,68)(H,57,69)(H,58,66)(H,59,64)(H,70,71)/t25-,26+,30-,32-,33-,34-,35-,36-,39-/m0/s1. The highest BCUT2D eigenvalue weighted by atomic mass is 32.2. The number of H-pyrrole nitrogens is 1. The second-order valence-corrected chi connectivity index (χ2v) is 18.5. The molecule has 26 heteroatoms. The number of aromatic nitrogens is 1. The van der Waals surface area contributed by atoms with Crippen LogP contribution < -0.4 is 59.7 Å². The van der Waals surface area contributed by atoms with E-state index in [-0.39, 0.29) is 31.4 Å². The van der Waals surface area contributed by atoms with Crippen molar-refractivity contribution in [3.8, 4) is 0 Å². The number of nitrogens with one attached hydrogen (secondary N) is 9. The third-order valence-corrected chi connectivity index (χ3v) is 12.3. The van der Waals surface area contributed by atoms with Crippen LogP contribution in [-0.2, 0) is 60.8 Å². The topological polar surface area (TPSA) is 401 Å². The Balaban J connectivity index is 1.65. The first-order valence-corrected chi connectivity index (χ1v) is 25.4. The van der Waals surface area contributed by atoms with Crippen LogP contribution in [0.25, 0.3) is 10.9 Å². The fourth-order valence-corrected chi connectivity index (χ4v) is 7.96. The van der Waals surface area contributed by atoms with Crippen molar-refractivity contribution >= 4 is 94.4 Å². The van der Waals surface area contributed by atoms with Crippen LogP contribution in [0, 0.1) is 0 Å². The Hall–Kier alpha value is -6.74. The van der Waals surface area contributed by atoms with E-state index in [4.69, 9.17) is 17.2 Å². The average Bonchev–Trinajstić information content (AvgIpc) is 3.76. The van der Waals surface area contributed by atoms with Crippen molar-refractivity contribution in [2.24, 2.45) is 17.2 Å². The van der Waals surface area contributed by atoms with Crippen molar-refractivity contribution in [1.82, 2.24) is 47.5 Å². The quantitative estimate of drug-likeness (QED) is 0.0218. The number of aliphatic hydroxyl groups is 1. The number of rotatable bonds is 32. The van der Waals surface area contributed by atoms with Crippen molar-refractivity contribution < 1.29 is 58.2 Å². The molecule has 73 heavy (non-hydrogen) atoms. The van der Waals surface area contributed by atoms with E-state index in [1.165, 1.54) is 25.6 Å². The number of aliphatic carboxylic acids is 1. The predicted molar refractivity (Wildman–Crippen MR) is 275 cm³/mol. The minimum absolute atomic E-state index is 0.0681. The number of aromatic amines is 1. The van der Waals surface area contributed by atoms with Crippen molar-refractivity contribution in [2.45, 2.75) is 113 Å². The molecule has 0 saturated carbocycles. The van der Waals surface area contributed by atoms with E-state index in [2.05, 4.69) is 60.1 Å². The lowest BCUT2D eigenvalue weighted by Gasteiger charge is -2.26. The van der Waals surface area contributed by atoms with Gasteiger partial charge in [0.25, 0.3) is 0 Å². The fourth-order valence-electron chi connectivity index (χ4n) is 7.23. The molecule has 400 valence electrons. The van der Waals surface area contributed by atoms with Crippen molar-refractivity contribution in [2.75, 3.05) is 30.9 Å². The molecular formula is C47H68N12O12S2. The molecule has 0 spiro atoms. The third kappa shape index (κ3) is 20.4. The SMILES string of the molecule is CSCC[C@H](NC(=O)[C@H](C)NC(=O)[C@H](CC(N)=O)NC(=O)CNC(=O)[C@H](Cc1ccccc1)NC(=O)[C@@H](NC(=O)[C@@H](N)Cc1c[nH]c2ccccc12)[C@@H](C)O)C(=O)N[C@@H](CS)C(=O)N[C@@H](CCCCN)C(=O)O. The summed E-state index contributed by atoms with van der Waals surface area (Å²) in [5.74, 6) is -9.26. The van der Waals surface area contributed by atoms with Crippen LogP contribution in [0.5, 0.6) is 0 Å². The molecule has 0 saturated heterocycles. The first-order valence-electron chi connectivity index (χ1n) is 23.4. The Morgan fingerprint density at radius 2 is 1.30 bits per heavy atom. The van der Waals surface area contributed by atoms with Gasteiger partial charge < -0.3 is 74.9 Å². The minimum Gasteiger partial charge on any atom is -0.480 e. The zero-order valence-electron chi connectivity index (χ0n) is 40.8. The molecule has 0 fully saturated rings. The van der Waals surface area contributed by atoms with Gasteiger partial charge in [-0.1, -0.05) is 48.5 Å². The minimum atomic E-state index is -1.66. The van der Waals surface area contributed by atoms with Crippen molar-refractivity contribution in [3.63, 3.8) is 0 Å². The smallest absolute Gasteiger partial charge is 0.326 e. The van der Waals surface area contributed by atoms with Gasteiger partial charge in [-0.2, -0.15) is 24.4 Å². The monoisotopic (exact) mass is 1060 g/mol. The molecule has 0 aliphatic heterocycles. The van der Waals surface area contributed by atoms with Gasteiger partial charge in [-0.05, 0) is 81.7 Å². The number of thiol groups is 1. The van der Waals surface area contributed by atoms with Crippen LogP contribution in [-0.4, -0.2) is 160 Å². The van der Waals surface area contributed by atoms with Crippen LogP contribution in [0.4, 0.5) is 0 Å². The van der Waals surface area contributed by atoms with Gasteiger partial charge in [0, 0.05) is 29.3 Å². The number of carbonyl (C=O) groups is 10. The summed E-state index contributed by atoms with van der Waals surface area (Å²) in [5.41, 5.74) is 19.3. The molecule has 0 aliphatic rings. The van der Waals surface area contributed by atoms with E-state index in [9.17, 15) is 58.2 Å². The number of hydrogen-bond acceptors (Lipinski definition) is 15. The Morgan fingerprint density at radius 3 is 1.93 bits per heavy atom. The van der Waals surface area contributed by atoms with Gasteiger partial charge in [0.05, 0.1) is 25.1 Å². The van der Waals surface area contributed by atoms with Crippen LogP contribution in [0.15, 0.2) is 60.8 Å². The van der Waals surface area contributed by atoms with Crippen molar-refractivity contribution in [3.05, 3.63) is 71.9 Å².